The molecule has 2 N–H and O–H groups in total. The van der Waals surface area contributed by atoms with Crippen molar-refractivity contribution in [2.45, 2.75) is 6.92 Å². The Labute approximate surface area is 111 Å². The van der Waals surface area contributed by atoms with Gasteiger partial charge in [-0.3, -0.25) is 4.79 Å². The molecule has 19 heavy (non-hydrogen) atoms. The van der Waals surface area contributed by atoms with Crippen LogP contribution in [0.4, 0.5) is 15.8 Å². The number of halogens is 1. The van der Waals surface area contributed by atoms with Crippen LogP contribution in [-0.2, 0) is 0 Å². The topological polar surface area (TPSA) is 46.3 Å². The van der Waals surface area contributed by atoms with Gasteiger partial charge in [0, 0.05) is 24.0 Å². The molecule has 2 aromatic carbocycles. The summed E-state index contributed by atoms with van der Waals surface area (Å²) in [6.45, 7) is 1.67. The van der Waals surface area contributed by atoms with Crippen molar-refractivity contribution in [2.75, 3.05) is 17.7 Å². The molecule has 0 saturated heterocycles. The molecular weight excluding hydrogens is 243 g/mol. The van der Waals surface area contributed by atoms with E-state index in [2.05, 4.69) is 0 Å². The van der Waals surface area contributed by atoms with E-state index in [0.717, 1.165) is 0 Å². The van der Waals surface area contributed by atoms with E-state index in [1.165, 1.54) is 11.0 Å². The molecule has 0 aliphatic rings. The Morgan fingerprint density at radius 2 is 1.79 bits per heavy atom. The number of anilines is 2. The molecular formula is C15H15FN2O. The van der Waals surface area contributed by atoms with Gasteiger partial charge >= 0.3 is 0 Å². The van der Waals surface area contributed by atoms with E-state index < -0.39 is 0 Å². The minimum absolute atomic E-state index is 0.161. The van der Waals surface area contributed by atoms with Crippen LogP contribution in [0.2, 0.25) is 0 Å². The van der Waals surface area contributed by atoms with Crippen LogP contribution in [-0.4, -0.2) is 13.0 Å². The number of nitrogen functional groups attached to an aromatic ring is 1. The number of carbonyl (C=O) groups is 1. The van der Waals surface area contributed by atoms with E-state index in [-0.39, 0.29) is 11.7 Å². The third-order valence-electron chi connectivity index (χ3n) is 2.99. The molecule has 0 aliphatic heterocycles. The fraction of sp³-hybridized carbons (Fsp3) is 0.133. The fourth-order valence-electron chi connectivity index (χ4n) is 1.77. The summed E-state index contributed by atoms with van der Waals surface area (Å²) in [5.74, 6) is -0.442. The zero-order valence-corrected chi connectivity index (χ0v) is 10.9. The van der Waals surface area contributed by atoms with Gasteiger partial charge in [0.1, 0.15) is 5.82 Å². The van der Waals surface area contributed by atoms with Gasteiger partial charge in [-0.1, -0.05) is 0 Å². The second kappa shape index (κ2) is 5.10. The summed E-state index contributed by atoms with van der Waals surface area (Å²) in [4.78, 5) is 13.7. The highest BCUT2D eigenvalue weighted by Gasteiger charge is 2.14. The molecule has 0 radical (unpaired) electrons. The Kier molecular flexibility index (Phi) is 3.51. The third kappa shape index (κ3) is 2.73. The van der Waals surface area contributed by atoms with Crippen LogP contribution in [0.3, 0.4) is 0 Å². The summed E-state index contributed by atoms with van der Waals surface area (Å²) in [7, 11) is 1.66. The number of rotatable bonds is 2. The number of nitrogens with two attached hydrogens (primary N) is 1. The van der Waals surface area contributed by atoms with Gasteiger partial charge in [-0.15, -0.1) is 0 Å². The number of carbonyl (C=O) groups excluding carboxylic acids is 1. The molecule has 0 heterocycles. The lowest BCUT2D eigenvalue weighted by molar-refractivity contribution is 0.0993. The van der Waals surface area contributed by atoms with Gasteiger partial charge in [0.15, 0.2) is 0 Å². The lowest BCUT2D eigenvalue weighted by atomic mass is 10.1. The minimum atomic E-state index is -0.280. The molecule has 0 aromatic heterocycles. The first-order chi connectivity index (χ1) is 8.99. The van der Waals surface area contributed by atoms with Gasteiger partial charge in [-0.2, -0.15) is 0 Å². The van der Waals surface area contributed by atoms with Crippen molar-refractivity contribution in [3.8, 4) is 0 Å². The SMILES string of the molecule is Cc1cc(N(C)C(=O)c2ccc(N)cc2)ccc1F. The van der Waals surface area contributed by atoms with Crippen molar-refractivity contribution >= 4 is 17.3 Å². The van der Waals surface area contributed by atoms with Crippen LogP contribution in [0.5, 0.6) is 0 Å². The normalized spacial score (nSPS) is 10.3. The largest absolute Gasteiger partial charge is 0.399 e. The number of amides is 1. The second-order valence-corrected chi connectivity index (χ2v) is 4.42. The standard InChI is InChI=1S/C15H15FN2O/c1-10-9-13(7-8-14(10)16)18(2)15(19)11-3-5-12(17)6-4-11/h3-9H,17H2,1-2H3. The van der Waals surface area contributed by atoms with Crippen molar-refractivity contribution in [1.29, 1.82) is 0 Å². The van der Waals surface area contributed by atoms with E-state index >= 15 is 0 Å². The molecule has 3 nitrogen and oxygen atoms in total. The van der Waals surface area contributed by atoms with Gasteiger partial charge in [-0.25, -0.2) is 4.39 Å². The first kappa shape index (κ1) is 13.1. The van der Waals surface area contributed by atoms with E-state index in [9.17, 15) is 9.18 Å². The molecule has 0 saturated carbocycles. The highest BCUT2D eigenvalue weighted by atomic mass is 19.1. The van der Waals surface area contributed by atoms with Crippen molar-refractivity contribution < 1.29 is 9.18 Å². The summed E-state index contributed by atoms with van der Waals surface area (Å²) in [6.07, 6.45) is 0. The van der Waals surface area contributed by atoms with Gasteiger partial charge in [0.2, 0.25) is 0 Å². The molecule has 2 rings (SSSR count). The van der Waals surface area contributed by atoms with E-state index in [1.54, 1.807) is 50.4 Å². The first-order valence-corrected chi connectivity index (χ1v) is 5.89. The molecule has 98 valence electrons. The average Bonchev–Trinajstić information content (AvgIpc) is 2.41. The highest BCUT2D eigenvalue weighted by molar-refractivity contribution is 6.05. The number of benzene rings is 2. The summed E-state index contributed by atoms with van der Waals surface area (Å²) >= 11 is 0. The van der Waals surface area contributed by atoms with Gasteiger partial charge < -0.3 is 10.6 Å². The summed E-state index contributed by atoms with van der Waals surface area (Å²) in [5, 5.41) is 0. The lowest BCUT2D eigenvalue weighted by Crippen LogP contribution is -2.26. The molecule has 0 aliphatic carbocycles. The van der Waals surface area contributed by atoms with Crippen LogP contribution >= 0.6 is 0 Å². The predicted molar refractivity (Wildman–Crippen MR) is 74.7 cm³/mol. The van der Waals surface area contributed by atoms with E-state index in [1.807, 2.05) is 0 Å². The van der Waals surface area contributed by atoms with Gasteiger partial charge in [0.05, 0.1) is 0 Å². The second-order valence-electron chi connectivity index (χ2n) is 4.42. The monoisotopic (exact) mass is 258 g/mol. The minimum Gasteiger partial charge on any atom is -0.399 e. The van der Waals surface area contributed by atoms with E-state index in [0.29, 0.717) is 22.5 Å². The Morgan fingerprint density at radius 3 is 2.37 bits per heavy atom. The quantitative estimate of drug-likeness (QED) is 0.842. The van der Waals surface area contributed by atoms with Crippen LogP contribution in [0.1, 0.15) is 15.9 Å². The van der Waals surface area contributed by atoms with Crippen LogP contribution in [0.25, 0.3) is 0 Å². The number of aryl methyl sites for hydroxylation is 1. The van der Waals surface area contributed by atoms with Gasteiger partial charge in [-0.05, 0) is 55.0 Å². The third-order valence-corrected chi connectivity index (χ3v) is 2.99. The maximum Gasteiger partial charge on any atom is 0.258 e. The first-order valence-electron chi connectivity index (χ1n) is 5.89. The summed E-state index contributed by atoms with van der Waals surface area (Å²) in [6, 6.07) is 11.3. The zero-order chi connectivity index (χ0) is 14.0. The van der Waals surface area contributed by atoms with E-state index in [4.69, 9.17) is 5.73 Å². The zero-order valence-electron chi connectivity index (χ0n) is 10.9. The average molecular weight is 258 g/mol. The van der Waals surface area contributed by atoms with Crippen molar-refractivity contribution in [2.24, 2.45) is 0 Å². The molecule has 0 unspecified atom stereocenters. The summed E-state index contributed by atoms with van der Waals surface area (Å²) in [5.41, 5.74) is 7.89. The Balaban J connectivity index is 2.28. The van der Waals surface area contributed by atoms with Crippen molar-refractivity contribution in [3.05, 3.63) is 59.4 Å². The molecule has 1 amide bonds. The van der Waals surface area contributed by atoms with Crippen molar-refractivity contribution in [1.82, 2.24) is 0 Å². The fourth-order valence-corrected chi connectivity index (χ4v) is 1.77. The highest BCUT2D eigenvalue weighted by Crippen LogP contribution is 2.19. The van der Waals surface area contributed by atoms with Crippen LogP contribution in [0.15, 0.2) is 42.5 Å². The van der Waals surface area contributed by atoms with Crippen molar-refractivity contribution in [3.63, 3.8) is 0 Å². The maximum atomic E-state index is 13.2. The molecule has 4 heteroatoms. The number of hydrogen-bond donors (Lipinski definition) is 1. The molecule has 0 fully saturated rings. The number of nitrogens with zero attached hydrogens (tertiary/aromatic N) is 1. The van der Waals surface area contributed by atoms with Gasteiger partial charge in [0.25, 0.3) is 5.91 Å². The Bertz CT molecular complexity index is 608. The lowest BCUT2D eigenvalue weighted by Gasteiger charge is -2.18. The Hall–Kier alpha value is -2.36. The predicted octanol–water partition coefficient (Wildman–Crippen LogP) is 2.99. The summed E-state index contributed by atoms with van der Waals surface area (Å²) < 4.78 is 13.2. The smallest absolute Gasteiger partial charge is 0.258 e. The van der Waals surface area contributed by atoms with Crippen LogP contribution < -0.4 is 10.6 Å². The molecule has 0 bridgehead atoms. The van der Waals surface area contributed by atoms with Crippen LogP contribution in [0, 0.1) is 12.7 Å². The molecule has 0 spiro atoms. The maximum absolute atomic E-state index is 13.2. The molecule has 0 atom stereocenters. The number of hydrogen-bond acceptors (Lipinski definition) is 2. The Morgan fingerprint density at radius 1 is 1.16 bits per heavy atom. The molecule has 2 aromatic rings.